The summed E-state index contributed by atoms with van der Waals surface area (Å²) in [5, 5.41) is 2.91. The van der Waals surface area contributed by atoms with E-state index in [1.807, 2.05) is 24.3 Å². The van der Waals surface area contributed by atoms with Gasteiger partial charge in [0, 0.05) is 11.9 Å². The molecule has 0 heterocycles. The van der Waals surface area contributed by atoms with Crippen LogP contribution in [-0.4, -0.2) is 32.9 Å². The molecular weight excluding hydrogens is 250 g/mol. The van der Waals surface area contributed by atoms with Crippen molar-refractivity contribution in [2.45, 2.75) is 13.3 Å². The standard InChI is InChI=1S/C12H19N3O2S/c1-3-10-4-6-11(7-5-10)15-12(13)14-8-9-18(2,16)17/h4-7H,3,8-9H2,1-2H3,(H3,13,14,15). The van der Waals surface area contributed by atoms with Crippen molar-refractivity contribution < 1.29 is 8.42 Å². The third-order valence-electron chi connectivity index (χ3n) is 2.38. The summed E-state index contributed by atoms with van der Waals surface area (Å²) in [6.07, 6.45) is 2.16. The Morgan fingerprint density at radius 3 is 2.44 bits per heavy atom. The van der Waals surface area contributed by atoms with E-state index < -0.39 is 9.84 Å². The summed E-state index contributed by atoms with van der Waals surface area (Å²) in [7, 11) is -2.99. The van der Waals surface area contributed by atoms with Crippen molar-refractivity contribution in [3.63, 3.8) is 0 Å². The van der Waals surface area contributed by atoms with Gasteiger partial charge in [0.05, 0.1) is 12.3 Å². The molecule has 100 valence electrons. The molecule has 1 aromatic carbocycles. The van der Waals surface area contributed by atoms with Crippen LogP contribution in [0.2, 0.25) is 0 Å². The summed E-state index contributed by atoms with van der Waals surface area (Å²) in [5.74, 6) is 0.229. The van der Waals surface area contributed by atoms with Crippen LogP contribution in [0.1, 0.15) is 12.5 Å². The first kappa shape index (κ1) is 14.5. The summed E-state index contributed by atoms with van der Waals surface area (Å²) in [6, 6.07) is 7.84. The fraction of sp³-hybridized carbons (Fsp3) is 0.417. The first-order chi connectivity index (χ1) is 8.40. The summed E-state index contributed by atoms with van der Waals surface area (Å²) in [5.41, 5.74) is 7.73. The molecule has 18 heavy (non-hydrogen) atoms. The Hall–Kier alpha value is -1.56. The molecule has 0 saturated heterocycles. The topological polar surface area (TPSA) is 84.5 Å². The quantitative estimate of drug-likeness (QED) is 0.617. The second-order valence-electron chi connectivity index (χ2n) is 4.07. The summed E-state index contributed by atoms with van der Waals surface area (Å²) < 4.78 is 21.8. The third-order valence-corrected chi connectivity index (χ3v) is 3.30. The molecule has 5 nitrogen and oxygen atoms in total. The van der Waals surface area contributed by atoms with E-state index in [2.05, 4.69) is 17.2 Å². The van der Waals surface area contributed by atoms with Crippen LogP contribution in [0.5, 0.6) is 0 Å². The molecule has 1 rings (SSSR count). The summed E-state index contributed by atoms with van der Waals surface area (Å²) in [4.78, 5) is 3.95. The molecule has 0 unspecified atom stereocenters. The van der Waals surface area contributed by atoms with Gasteiger partial charge in [-0.25, -0.2) is 8.42 Å². The van der Waals surface area contributed by atoms with Crippen molar-refractivity contribution in [3.05, 3.63) is 29.8 Å². The molecule has 0 bridgehead atoms. The Kier molecular flexibility index (Phi) is 5.15. The van der Waals surface area contributed by atoms with Crippen LogP contribution in [0, 0.1) is 0 Å². The maximum absolute atomic E-state index is 10.9. The lowest BCUT2D eigenvalue weighted by atomic mass is 10.1. The van der Waals surface area contributed by atoms with Crippen molar-refractivity contribution >= 4 is 21.5 Å². The van der Waals surface area contributed by atoms with Crippen LogP contribution in [0.15, 0.2) is 29.3 Å². The minimum Gasteiger partial charge on any atom is -0.370 e. The fourth-order valence-corrected chi connectivity index (χ4v) is 1.77. The minimum atomic E-state index is -2.99. The molecular formula is C12H19N3O2S. The predicted molar refractivity (Wildman–Crippen MR) is 75.6 cm³/mol. The average Bonchev–Trinajstić information content (AvgIpc) is 2.28. The highest BCUT2D eigenvalue weighted by molar-refractivity contribution is 7.90. The Bertz CT molecular complexity index is 507. The van der Waals surface area contributed by atoms with Crippen LogP contribution >= 0.6 is 0 Å². The normalized spacial score (nSPS) is 12.4. The molecule has 6 heteroatoms. The smallest absolute Gasteiger partial charge is 0.193 e. The monoisotopic (exact) mass is 269 g/mol. The molecule has 0 aromatic heterocycles. The van der Waals surface area contributed by atoms with Gasteiger partial charge in [0.1, 0.15) is 9.84 Å². The van der Waals surface area contributed by atoms with E-state index in [1.165, 1.54) is 11.8 Å². The minimum absolute atomic E-state index is 0.00412. The molecule has 0 fully saturated rings. The van der Waals surface area contributed by atoms with Gasteiger partial charge in [-0.3, -0.25) is 4.99 Å². The van der Waals surface area contributed by atoms with Crippen molar-refractivity contribution in [1.82, 2.24) is 0 Å². The van der Waals surface area contributed by atoms with Gasteiger partial charge in [-0.2, -0.15) is 0 Å². The van der Waals surface area contributed by atoms with E-state index in [1.54, 1.807) is 0 Å². The molecule has 0 atom stereocenters. The van der Waals surface area contributed by atoms with Gasteiger partial charge < -0.3 is 11.1 Å². The number of aryl methyl sites for hydroxylation is 1. The number of benzene rings is 1. The van der Waals surface area contributed by atoms with Gasteiger partial charge in [0.25, 0.3) is 0 Å². The molecule has 0 aliphatic rings. The first-order valence-electron chi connectivity index (χ1n) is 5.74. The first-order valence-corrected chi connectivity index (χ1v) is 7.80. The van der Waals surface area contributed by atoms with E-state index in [0.717, 1.165) is 12.1 Å². The number of hydrogen-bond donors (Lipinski definition) is 2. The van der Waals surface area contributed by atoms with Crippen LogP contribution in [0.25, 0.3) is 0 Å². The largest absolute Gasteiger partial charge is 0.370 e. The zero-order valence-corrected chi connectivity index (χ0v) is 11.5. The van der Waals surface area contributed by atoms with Crippen LogP contribution in [0.3, 0.4) is 0 Å². The molecule has 0 spiro atoms. The zero-order valence-electron chi connectivity index (χ0n) is 10.7. The second-order valence-corrected chi connectivity index (χ2v) is 6.33. The Morgan fingerprint density at radius 1 is 1.33 bits per heavy atom. The number of sulfone groups is 1. The maximum atomic E-state index is 10.9. The Labute approximate surface area is 108 Å². The predicted octanol–water partition coefficient (Wildman–Crippen LogP) is 1.02. The number of rotatable bonds is 5. The molecule has 0 amide bonds. The van der Waals surface area contributed by atoms with Crippen LogP contribution in [-0.2, 0) is 16.3 Å². The second kappa shape index (κ2) is 6.39. The van der Waals surface area contributed by atoms with Crippen LogP contribution in [0.4, 0.5) is 5.69 Å². The third kappa shape index (κ3) is 5.67. The molecule has 3 N–H and O–H groups in total. The molecule has 0 aliphatic carbocycles. The lowest BCUT2D eigenvalue weighted by Crippen LogP contribution is -2.23. The number of nitrogens with one attached hydrogen (secondary N) is 1. The van der Waals surface area contributed by atoms with Crippen LogP contribution < -0.4 is 11.1 Å². The number of nitrogens with two attached hydrogens (primary N) is 1. The van der Waals surface area contributed by atoms with E-state index in [4.69, 9.17) is 5.73 Å². The Morgan fingerprint density at radius 2 is 1.94 bits per heavy atom. The lowest BCUT2D eigenvalue weighted by molar-refractivity contribution is 0.601. The number of guanidine groups is 1. The number of hydrogen-bond acceptors (Lipinski definition) is 3. The van der Waals surface area contributed by atoms with Crippen molar-refractivity contribution in [2.24, 2.45) is 10.7 Å². The average molecular weight is 269 g/mol. The van der Waals surface area contributed by atoms with Gasteiger partial charge in [-0.15, -0.1) is 0 Å². The molecule has 1 aromatic rings. The number of anilines is 1. The molecule has 0 saturated carbocycles. The van der Waals surface area contributed by atoms with E-state index in [-0.39, 0.29) is 18.3 Å². The van der Waals surface area contributed by atoms with E-state index in [0.29, 0.717) is 0 Å². The molecule has 0 aliphatic heterocycles. The zero-order chi connectivity index (χ0) is 13.6. The van der Waals surface area contributed by atoms with Gasteiger partial charge >= 0.3 is 0 Å². The summed E-state index contributed by atoms with van der Waals surface area (Å²) >= 11 is 0. The van der Waals surface area contributed by atoms with Crippen molar-refractivity contribution in [1.29, 1.82) is 0 Å². The fourth-order valence-electron chi connectivity index (χ4n) is 1.34. The van der Waals surface area contributed by atoms with Gasteiger partial charge in [0.15, 0.2) is 5.96 Å². The molecule has 0 radical (unpaired) electrons. The van der Waals surface area contributed by atoms with E-state index in [9.17, 15) is 8.42 Å². The van der Waals surface area contributed by atoms with Crippen molar-refractivity contribution in [2.75, 3.05) is 23.9 Å². The van der Waals surface area contributed by atoms with Crippen molar-refractivity contribution in [3.8, 4) is 0 Å². The maximum Gasteiger partial charge on any atom is 0.193 e. The SMILES string of the molecule is CCc1ccc(NC(N)=NCCS(C)(=O)=O)cc1. The number of aliphatic imine (C=N–C) groups is 1. The van der Waals surface area contributed by atoms with Gasteiger partial charge in [0.2, 0.25) is 0 Å². The highest BCUT2D eigenvalue weighted by atomic mass is 32.2. The van der Waals surface area contributed by atoms with E-state index >= 15 is 0 Å². The lowest BCUT2D eigenvalue weighted by Gasteiger charge is -2.06. The Balaban J connectivity index is 2.52. The summed E-state index contributed by atoms with van der Waals surface area (Å²) in [6.45, 7) is 2.26. The van der Waals surface area contributed by atoms with Gasteiger partial charge in [-0.1, -0.05) is 19.1 Å². The highest BCUT2D eigenvalue weighted by Crippen LogP contribution is 2.09. The number of nitrogens with zero attached hydrogens (tertiary/aromatic N) is 1. The van der Waals surface area contributed by atoms with Gasteiger partial charge in [-0.05, 0) is 24.1 Å². The highest BCUT2D eigenvalue weighted by Gasteiger charge is 2.01.